The molecule has 0 aliphatic heterocycles. The van der Waals surface area contributed by atoms with Crippen molar-refractivity contribution in [3.05, 3.63) is 62.0 Å². The maximum Gasteiger partial charge on any atom is 0.285 e. The maximum absolute atomic E-state index is 12.1. The largest absolute Gasteiger partial charge is 0.354 e. The van der Waals surface area contributed by atoms with E-state index in [2.05, 4.69) is 10.4 Å². The Balaban J connectivity index is 1.99. The van der Waals surface area contributed by atoms with Gasteiger partial charge < -0.3 is 5.32 Å². The summed E-state index contributed by atoms with van der Waals surface area (Å²) in [6.07, 6.45) is 0.630. The van der Waals surface area contributed by atoms with Crippen LogP contribution in [0.1, 0.15) is 22.4 Å². The summed E-state index contributed by atoms with van der Waals surface area (Å²) in [5.41, 5.74) is 1.58. The maximum atomic E-state index is 12.1. The molecular weight excluding hydrogens is 328 g/mol. The highest BCUT2D eigenvalue weighted by molar-refractivity contribution is 6.30. The number of amides is 1. The van der Waals surface area contributed by atoms with Crippen molar-refractivity contribution < 1.29 is 4.79 Å². The fourth-order valence-electron chi connectivity index (χ4n) is 2.24. The number of rotatable bonds is 5. The topological polar surface area (TPSA) is 87.8 Å². The second kappa shape index (κ2) is 7.75. The van der Waals surface area contributed by atoms with Gasteiger partial charge in [-0.2, -0.15) is 10.4 Å². The van der Waals surface area contributed by atoms with E-state index in [0.717, 1.165) is 10.2 Å². The number of nitrogens with one attached hydrogen (secondary N) is 1. The molecule has 0 aliphatic carbocycles. The van der Waals surface area contributed by atoms with E-state index < -0.39 is 5.56 Å². The Kier molecular flexibility index (Phi) is 5.72. The van der Waals surface area contributed by atoms with E-state index in [1.54, 1.807) is 19.9 Å². The van der Waals surface area contributed by atoms with Gasteiger partial charge in [-0.15, -0.1) is 0 Å². The third kappa shape index (κ3) is 4.21. The van der Waals surface area contributed by atoms with Crippen molar-refractivity contribution >= 4 is 17.5 Å². The van der Waals surface area contributed by atoms with E-state index in [-0.39, 0.29) is 18.0 Å². The zero-order valence-corrected chi connectivity index (χ0v) is 14.2. The molecule has 1 aromatic heterocycles. The molecule has 1 aromatic carbocycles. The molecule has 2 aromatic rings. The first kappa shape index (κ1) is 17.7. The normalized spacial score (nSPS) is 10.2. The fourth-order valence-corrected chi connectivity index (χ4v) is 2.45. The second-order valence-electron chi connectivity index (χ2n) is 5.39. The van der Waals surface area contributed by atoms with E-state index in [1.807, 2.05) is 24.3 Å². The lowest BCUT2D eigenvalue weighted by molar-refractivity contribution is -0.121. The van der Waals surface area contributed by atoms with Crippen LogP contribution >= 0.6 is 11.6 Å². The van der Waals surface area contributed by atoms with Crippen LogP contribution in [-0.4, -0.2) is 22.2 Å². The Morgan fingerprint density at radius 1 is 1.42 bits per heavy atom. The molecule has 0 aliphatic rings. The smallest absolute Gasteiger partial charge is 0.285 e. The molecule has 7 heteroatoms. The van der Waals surface area contributed by atoms with Crippen LogP contribution in [0, 0.1) is 25.2 Å². The van der Waals surface area contributed by atoms with Gasteiger partial charge in [-0.3, -0.25) is 9.59 Å². The monoisotopic (exact) mass is 344 g/mol. The zero-order chi connectivity index (χ0) is 17.7. The third-order valence-corrected chi connectivity index (χ3v) is 3.90. The lowest BCUT2D eigenvalue weighted by Gasteiger charge is -2.09. The summed E-state index contributed by atoms with van der Waals surface area (Å²) in [6, 6.07) is 9.26. The molecule has 2 rings (SSSR count). The molecule has 6 nitrogen and oxygen atoms in total. The SMILES string of the molecule is Cc1nn(CC(=O)NCCc2cccc(Cl)c2)c(=O)c(C#N)c1C. The number of hydrogen-bond acceptors (Lipinski definition) is 4. The second-order valence-corrected chi connectivity index (χ2v) is 5.83. The highest BCUT2D eigenvalue weighted by Crippen LogP contribution is 2.10. The number of hydrogen-bond donors (Lipinski definition) is 1. The molecule has 0 atom stereocenters. The Morgan fingerprint density at radius 2 is 2.17 bits per heavy atom. The zero-order valence-electron chi connectivity index (χ0n) is 13.5. The number of aromatic nitrogens is 2. The minimum Gasteiger partial charge on any atom is -0.354 e. The fraction of sp³-hybridized carbons (Fsp3) is 0.294. The van der Waals surface area contributed by atoms with Gasteiger partial charge in [0.1, 0.15) is 18.2 Å². The van der Waals surface area contributed by atoms with Gasteiger partial charge in [0.25, 0.3) is 5.56 Å². The van der Waals surface area contributed by atoms with Gasteiger partial charge >= 0.3 is 0 Å². The van der Waals surface area contributed by atoms with Crippen molar-refractivity contribution in [2.75, 3.05) is 6.54 Å². The van der Waals surface area contributed by atoms with Crippen LogP contribution in [0.15, 0.2) is 29.1 Å². The van der Waals surface area contributed by atoms with E-state index in [4.69, 9.17) is 16.9 Å². The first-order valence-electron chi connectivity index (χ1n) is 7.42. The number of benzene rings is 1. The van der Waals surface area contributed by atoms with Crippen molar-refractivity contribution in [2.24, 2.45) is 0 Å². The molecule has 0 radical (unpaired) electrons. The van der Waals surface area contributed by atoms with Crippen LogP contribution in [0.2, 0.25) is 5.02 Å². The Morgan fingerprint density at radius 3 is 2.83 bits per heavy atom. The Bertz CT molecular complexity index is 868. The molecular formula is C17H17ClN4O2. The summed E-state index contributed by atoms with van der Waals surface area (Å²) in [5, 5.41) is 16.5. The van der Waals surface area contributed by atoms with Gasteiger partial charge in [0.2, 0.25) is 5.91 Å². The van der Waals surface area contributed by atoms with E-state index in [1.165, 1.54) is 0 Å². The molecule has 1 amide bonds. The van der Waals surface area contributed by atoms with E-state index >= 15 is 0 Å². The minimum atomic E-state index is -0.550. The highest BCUT2D eigenvalue weighted by Gasteiger charge is 2.13. The van der Waals surface area contributed by atoms with Gasteiger partial charge in [0.05, 0.1) is 5.69 Å². The van der Waals surface area contributed by atoms with Crippen molar-refractivity contribution in [3.63, 3.8) is 0 Å². The molecule has 0 spiro atoms. The summed E-state index contributed by atoms with van der Waals surface area (Å²) in [5.74, 6) is -0.334. The Hall–Kier alpha value is -2.65. The Labute approximate surface area is 144 Å². The lowest BCUT2D eigenvalue weighted by Crippen LogP contribution is -2.36. The highest BCUT2D eigenvalue weighted by atomic mass is 35.5. The summed E-state index contributed by atoms with van der Waals surface area (Å²) < 4.78 is 1.02. The molecule has 0 saturated heterocycles. The average Bonchev–Trinajstić information content (AvgIpc) is 2.53. The first-order chi connectivity index (χ1) is 11.4. The van der Waals surface area contributed by atoms with Gasteiger partial charge in [0, 0.05) is 11.6 Å². The molecule has 124 valence electrons. The standard InChI is InChI=1S/C17H17ClN4O2/c1-11-12(2)21-22(17(24)15(11)9-19)10-16(23)20-7-6-13-4-3-5-14(18)8-13/h3-5,8H,6-7,10H2,1-2H3,(H,20,23). The summed E-state index contributed by atoms with van der Waals surface area (Å²) in [6.45, 7) is 3.56. The number of halogens is 1. The summed E-state index contributed by atoms with van der Waals surface area (Å²) >= 11 is 5.91. The minimum absolute atomic E-state index is 0.0224. The van der Waals surface area contributed by atoms with Crippen molar-refractivity contribution in [1.29, 1.82) is 5.26 Å². The van der Waals surface area contributed by atoms with Crippen LogP contribution < -0.4 is 10.9 Å². The first-order valence-corrected chi connectivity index (χ1v) is 7.79. The van der Waals surface area contributed by atoms with Crippen LogP contribution in [0.25, 0.3) is 0 Å². The van der Waals surface area contributed by atoms with E-state index in [9.17, 15) is 9.59 Å². The van der Waals surface area contributed by atoms with Crippen LogP contribution in [0.5, 0.6) is 0 Å². The van der Waals surface area contributed by atoms with Crippen molar-refractivity contribution in [1.82, 2.24) is 15.1 Å². The predicted molar refractivity (Wildman–Crippen MR) is 90.9 cm³/mol. The summed E-state index contributed by atoms with van der Waals surface area (Å²) in [7, 11) is 0. The van der Waals surface area contributed by atoms with Crippen LogP contribution in [0.3, 0.4) is 0 Å². The predicted octanol–water partition coefficient (Wildman–Crippen LogP) is 1.74. The average molecular weight is 345 g/mol. The van der Waals surface area contributed by atoms with Gasteiger partial charge in [0.15, 0.2) is 0 Å². The van der Waals surface area contributed by atoms with Crippen LogP contribution in [-0.2, 0) is 17.8 Å². The van der Waals surface area contributed by atoms with Gasteiger partial charge in [-0.05, 0) is 43.5 Å². The molecule has 0 bridgehead atoms. The number of carbonyl (C=O) groups excluding carboxylic acids is 1. The quantitative estimate of drug-likeness (QED) is 0.895. The molecule has 24 heavy (non-hydrogen) atoms. The number of carbonyl (C=O) groups is 1. The third-order valence-electron chi connectivity index (χ3n) is 3.67. The summed E-state index contributed by atoms with van der Waals surface area (Å²) in [4.78, 5) is 24.1. The van der Waals surface area contributed by atoms with Crippen LogP contribution in [0.4, 0.5) is 0 Å². The molecule has 0 unspecified atom stereocenters. The van der Waals surface area contributed by atoms with Crippen molar-refractivity contribution in [3.8, 4) is 6.07 Å². The molecule has 0 fully saturated rings. The molecule has 1 N–H and O–H groups in total. The number of nitriles is 1. The van der Waals surface area contributed by atoms with Crippen molar-refractivity contribution in [2.45, 2.75) is 26.8 Å². The number of nitrogens with zero attached hydrogens (tertiary/aromatic N) is 3. The van der Waals surface area contributed by atoms with E-state index in [0.29, 0.717) is 29.2 Å². The number of aryl methyl sites for hydroxylation is 1. The molecule has 1 heterocycles. The molecule has 0 saturated carbocycles. The lowest BCUT2D eigenvalue weighted by atomic mass is 10.1. The van der Waals surface area contributed by atoms with Gasteiger partial charge in [-0.25, -0.2) is 4.68 Å². The van der Waals surface area contributed by atoms with Gasteiger partial charge in [-0.1, -0.05) is 23.7 Å².